The molecule has 0 bridgehead atoms. The van der Waals surface area contributed by atoms with E-state index in [2.05, 4.69) is 10.0 Å². The van der Waals surface area contributed by atoms with Crippen LogP contribution in [0.1, 0.15) is 26.2 Å². The third-order valence-electron chi connectivity index (χ3n) is 4.31. The van der Waals surface area contributed by atoms with Gasteiger partial charge in [0.15, 0.2) is 0 Å². The molecule has 22 heavy (non-hydrogen) atoms. The van der Waals surface area contributed by atoms with Crippen molar-refractivity contribution < 1.29 is 4.79 Å². The summed E-state index contributed by atoms with van der Waals surface area (Å²) in [7, 11) is 0. The first-order valence-electron chi connectivity index (χ1n) is 7.63. The Kier molecular flexibility index (Phi) is 4.71. The summed E-state index contributed by atoms with van der Waals surface area (Å²) in [6, 6.07) is 5.14. The molecule has 0 N–H and O–H groups in total. The van der Waals surface area contributed by atoms with Gasteiger partial charge in [0, 0.05) is 12.3 Å². The summed E-state index contributed by atoms with van der Waals surface area (Å²) < 4.78 is 0. The number of likely N-dealkylation sites (tertiary alicyclic amines) is 1. The molecule has 0 unspecified atom stereocenters. The van der Waals surface area contributed by atoms with Gasteiger partial charge in [-0.3, -0.25) is 4.79 Å². The molecule has 2 aliphatic heterocycles. The number of carbonyl (C=O) groups is 1. The van der Waals surface area contributed by atoms with Crippen LogP contribution in [0.25, 0.3) is 0 Å². The molecular formula is C16H19Cl2N3O. The molecule has 0 spiro atoms. The largest absolute Gasteiger partial charge is 0.302 e. The number of hydrogen-bond donors (Lipinski definition) is 0. The van der Waals surface area contributed by atoms with E-state index in [1.54, 1.807) is 18.2 Å². The number of benzene rings is 1. The molecule has 2 heterocycles. The Morgan fingerprint density at radius 1 is 1.18 bits per heavy atom. The lowest BCUT2D eigenvalue weighted by Gasteiger charge is -2.28. The average Bonchev–Trinajstić information content (AvgIpc) is 2.79. The summed E-state index contributed by atoms with van der Waals surface area (Å²) >= 11 is 12.0. The molecule has 1 saturated heterocycles. The van der Waals surface area contributed by atoms with Gasteiger partial charge in [-0.05, 0) is 51.1 Å². The summed E-state index contributed by atoms with van der Waals surface area (Å²) in [5.74, 6) is -0.144. The Morgan fingerprint density at radius 2 is 1.91 bits per heavy atom. The second-order valence-electron chi connectivity index (χ2n) is 5.90. The quantitative estimate of drug-likeness (QED) is 0.839. The molecule has 0 radical (unpaired) electrons. The lowest BCUT2D eigenvalue weighted by atomic mass is 10.0. The summed E-state index contributed by atoms with van der Waals surface area (Å²) in [5, 5.41) is 6.78. The molecule has 3 rings (SSSR count). The van der Waals surface area contributed by atoms with Gasteiger partial charge in [0.2, 0.25) is 0 Å². The Labute approximate surface area is 140 Å². The van der Waals surface area contributed by atoms with Crippen molar-refractivity contribution in [1.82, 2.24) is 4.90 Å². The third kappa shape index (κ3) is 3.14. The highest BCUT2D eigenvalue weighted by molar-refractivity contribution is 6.42. The molecule has 4 nitrogen and oxygen atoms in total. The maximum Gasteiger partial charge on any atom is 0.257 e. The standard InChI is InChI=1S/C16H19Cl2N3O/c1-11-13(10-20-7-3-2-4-8-20)16(22)21(19-11)12-5-6-14(17)15(18)9-12/h5-6,9,13H,2-4,7-8,10H2,1H3/t13-/m1/s1. The molecule has 6 heteroatoms. The minimum absolute atomic E-state index is 0.0152. The van der Waals surface area contributed by atoms with Crippen LogP contribution < -0.4 is 5.01 Å². The summed E-state index contributed by atoms with van der Waals surface area (Å²) in [6.07, 6.45) is 3.72. The van der Waals surface area contributed by atoms with E-state index >= 15 is 0 Å². The van der Waals surface area contributed by atoms with Crippen molar-refractivity contribution in [2.24, 2.45) is 11.0 Å². The van der Waals surface area contributed by atoms with Crippen molar-refractivity contribution >= 4 is 40.5 Å². The van der Waals surface area contributed by atoms with Gasteiger partial charge < -0.3 is 4.90 Å². The Morgan fingerprint density at radius 3 is 2.59 bits per heavy atom. The first-order chi connectivity index (χ1) is 10.6. The minimum atomic E-state index is -0.160. The van der Waals surface area contributed by atoms with Crippen LogP contribution in [0.2, 0.25) is 10.0 Å². The fraction of sp³-hybridized carbons (Fsp3) is 0.500. The number of anilines is 1. The molecular weight excluding hydrogens is 321 g/mol. The monoisotopic (exact) mass is 339 g/mol. The van der Waals surface area contributed by atoms with E-state index in [0.29, 0.717) is 15.7 Å². The van der Waals surface area contributed by atoms with Crippen LogP contribution in [-0.4, -0.2) is 36.2 Å². The fourth-order valence-electron chi connectivity index (χ4n) is 3.02. The van der Waals surface area contributed by atoms with Crippen LogP contribution in [0.4, 0.5) is 5.69 Å². The Hall–Kier alpha value is -1.10. The van der Waals surface area contributed by atoms with Crippen LogP contribution in [0.15, 0.2) is 23.3 Å². The van der Waals surface area contributed by atoms with Crippen LogP contribution in [-0.2, 0) is 4.79 Å². The number of halogens is 2. The average molecular weight is 340 g/mol. The highest BCUT2D eigenvalue weighted by Gasteiger charge is 2.35. The van der Waals surface area contributed by atoms with Crippen molar-refractivity contribution in [3.05, 3.63) is 28.2 Å². The Balaban J connectivity index is 1.75. The lowest BCUT2D eigenvalue weighted by Crippen LogP contribution is -2.40. The second kappa shape index (κ2) is 6.57. The van der Waals surface area contributed by atoms with Crippen molar-refractivity contribution in [2.45, 2.75) is 26.2 Å². The number of hydrogen-bond acceptors (Lipinski definition) is 3. The number of amides is 1. The zero-order valence-electron chi connectivity index (χ0n) is 12.6. The predicted molar refractivity (Wildman–Crippen MR) is 90.8 cm³/mol. The van der Waals surface area contributed by atoms with E-state index in [1.807, 2.05) is 6.92 Å². The molecule has 1 aromatic rings. The highest BCUT2D eigenvalue weighted by Crippen LogP contribution is 2.30. The number of piperidine rings is 1. The smallest absolute Gasteiger partial charge is 0.257 e. The number of hydrazone groups is 1. The number of nitrogens with zero attached hydrogens (tertiary/aromatic N) is 3. The maximum atomic E-state index is 12.7. The minimum Gasteiger partial charge on any atom is -0.302 e. The van der Waals surface area contributed by atoms with Crippen LogP contribution in [0, 0.1) is 5.92 Å². The van der Waals surface area contributed by atoms with Gasteiger partial charge >= 0.3 is 0 Å². The van der Waals surface area contributed by atoms with Gasteiger partial charge in [-0.2, -0.15) is 5.10 Å². The molecule has 0 saturated carbocycles. The second-order valence-corrected chi connectivity index (χ2v) is 6.72. The van der Waals surface area contributed by atoms with E-state index in [9.17, 15) is 4.79 Å². The predicted octanol–water partition coefficient (Wildman–Crippen LogP) is 3.82. The summed E-state index contributed by atoms with van der Waals surface area (Å²) in [4.78, 5) is 15.1. The zero-order valence-corrected chi connectivity index (χ0v) is 14.1. The van der Waals surface area contributed by atoms with Crippen molar-refractivity contribution in [1.29, 1.82) is 0 Å². The van der Waals surface area contributed by atoms with Crippen LogP contribution >= 0.6 is 23.2 Å². The van der Waals surface area contributed by atoms with E-state index < -0.39 is 0 Å². The first-order valence-corrected chi connectivity index (χ1v) is 8.38. The van der Waals surface area contributed by atoms with E-state index in [4.69, 9.17) is 23.2 Å². The molecule has 118 valence electrons. The summed E-state index contributed by atoms with van der Waals surface area (Å²) in [5.41, 5.74) is 1.53. The third-order valence-corrected chi connectivity index (χ3v) is 5.05. The van der Waals surface area contributed by atoms with Gasteiger partial charge in [-0.15, -0.1) is 0 Å². The SMILES string of the molecule is CC1=NN(c2ccc(Cl)c(Cl)c2)C(=O)[C@@H]1CN1CCCCC1. The van der Waals surface area contributed by atoms with Gasteiger partial charge in [0.05, 0.1) is 21.7 Å². The lowest BCUT2D eigenvalue weighted by molar-refractivity contribution is -0.120. The highest BCUT2D eigenvalue weighted by atomic mass is 35.5. The van der Waals surface area contributed by atoms with E-state index in [1.165, 1.54) is 24.3 Å². The Bertz CT molecular complexity index is 611. The summed E-state index contributed by atoms with van der Waals surface area (Å²) in [6.45, 7) is 4.82. The maximum absolute atomic E-state index is 12.7. The van der Waals surface area contributed by atoms with Gasteiger partial charge in [0.25, 0.3) is 5.91 Å². The van der Waals surface area contributed by atoms with Gasteiger partial charge in [-0.25, -0.2) is 5.01 Å². The van der Waals surface area contributed by atoms with Gasteiger partial charge in [0.1, 0.15) is 0 Å². The van der Waals surface area contributed by atoms with Crippen molar-refractivity contribution in [3.8, 4) is 0 Å². The molecule has 0 aliphatic carbocycles. The van der Waals surface area contributed by atoms with Crippen molar-refractivity contribution in [2.75, 3.05) is 24.6 Å². The zero-order chi connectivity index (χ0) is 15.7. The van der Waals surface area contributed by atoms with Crippen molar-refractivity contribution in [3.63, 3.8) is 0 Å². The normalized spacial score (nSPS) is 23.0. The van der Waals surface area contributed by atoms with Crippen LogP contribution in [0.5, 0.6) is 0 Å². The molecule has 2 aliphatic rings. The number of carbonyl (C=O) groups excluding carboxylic acids is 1. The van der Waals surface area contributed by atoms with Gasteiger partial charge in [-0.1, -0.05) is 29.6 Å². The molecule has 1 amide bonds. The topological polar surface area (TPSA) is 35.9 Å². The van der Waals surface area contributed by atoms with Crippen LogP contribution in [0.3, 0.4) is 0 Å². The first kappa shape index (κ1) is 15.8. The molecule has 0 aromatic heterocycles. The molecule has 1 fully saturated rings. The van der Waals surface area contributed by atoms with E-state index in [0.717, 1.165) is 25.3 Å². The number of rotatable bonds is 3. The molecule has 1 aromatic carbocycles. The van der Waals surface area contributed by atoms with E-state index in [-0.39, 0.29) is 11.8 Å². The molecule has 1 atom stereocenters. The fourth-order valence-corrected chi connectivity index (χ4v) is 3.31.